The Balaban J connectivity index is 1.76. The van der Waals surface area contributed by atoms with E-state index in [4.69, 9.17) is 5.41 Å². The number of hydrogen-bond acceptors (Lipinski definition) is 5. The van der Waals surface area contributed by atoms with Crippen molar-refractivity contribution in [2.45, 2.75) is 52.6 Å². The van der Waals surface area contributed by atoms with Gasteiger partial charge in [-0.2, -0.15) is 4.39 Å². The number of aliphatic imine (C=N–C) groups is 1. The van der Waals surface area contributed by atoms with Gasteiger partial charge in [-0.15, -0.1) is 0 Å². The maximum atomic E-state index is 15.1. The first-order valence-electron chi connectivity index (χ1n) is 9.68. The SMILES string of the molecule is CCc1ccc(CNc2ncnc(N3CCCC3C(=N)N=C(C)C)c2F)cc1. The van der Waals surface area contributed by atoms with Crippen molar-refractivity contribution in [2.24, 2.45) is 4.99 Å². The highest BCUT2D eigenvalue weighted by Crippen LogP contribution is 2.29. The number of rotatable bonds is 6. The van der Waals surface area contributed by atoms with E-state index in [1.807, 2.05) is 30.9 Å². The first kappa shape index (κ1) is 19.9. The van der Waals surface area contributed by atoms with Crippen LogP contribution in [0.2, 0.25) is 0 Å². The molecule has 1 aliphatic heterocycles. The normalized spacial score (nSPS) is 16.1. The zero-order valence-corrected chi connectivity index (χ0v) is 16.7. The average Bonchev–Trinajstić information content (AvgIpc) is 3.17. The van der Waals surface area contributed by atoms with Crippen LogP contribution in [0.15, 0.2) is 35.6 Å². The predicted molar refractivity (Wildman–Crippen MR) is 112 cm³/mol. The van der Waals surface area contributed by atoms with Crippen LogP contribution in [0.25, 0.3) is 0 Å². The molecule has 1 atom stereocenters. The summed E-state index contributed by atoms with van der Waals surface area (Å²) in [6.07, 6.45) is 4.01. The van der Waals surface area contributed by atoms with E-state index in [2.05, 4.69) is 39.3 Å². The molecule has 0 bridgehead atoms. The molecule has 3 rings (SSSR count). The molecular weight excluding hydrogens is 355 g/mol. The molecule has 6 nitrogen and oxygen atoms in total. The van der Waals surface area contributed by atoms with Gasteiger partial charge in [0.1, 0.15) is 12.2 Å². The quantitative estimate of drug-likeness (QED) is 0.579. The third-order valence-corrected chi connectivity index (χ3v) is 4.85. The second-order valence-electron chi connectivity index (χ2n) is 7.18. The number of benzene rings is 1. The monoisotopic (exact) mass is 382 g/mol. The largest absolute Gasteiger partial charge is 0.363 e. The number of halogens is 1. The van der Waals surface area contributed by atoms with Crippen LogP contribution >= 0.6 is 0 Å². The van der Waals surface area contributed by atoms with Gasteiger partial charge < -0.3 is 10.2 Å². The number of nitrogens with zero attached hydrogens (tertiary/aromatic N) is 4. The molecule has 2 N–H and O–H groups in total. The summed E-state index contributed by atoms with van der Waals surface area (Å²) in [5.41, 5.74) is 3.15. The lowest BCUT2D eigenvalue weighted by atomic mass is 10.1. The number of aromatic nitrogens is 2. The fourth-order valence-corrected chi connectivity index (χ4v) is 3.38. The third kappa shape index (κ3) is 4.52. The zero-order valence-electron chi connectivity index (χ0n) is 16.7. The van der Waals surface area contributed by atoms with Crippen LogP contribution in [0, 0.1) is 11.2 Å². The molecule has 1 fully saturated rings. The molecule has 0 radical (unpaired) electrons. The smallest absolute Gasteiger partial charge is 0.207 e. The molecule has 1 aliphatic rings. The highest BCUT2D eigenvalue weighted by atomic mass is 19.1. The van der Waals surface area contributed by atoms with E-state index in [-0.39, 0.29) is 23.5 Å². The fraction of sp³-hybridized carbons (Fsp3) is 0.429. The zero-order chi connectivity index (χ0) is 20.1. The van der Waals surface area contributed by atoms with Gasteiger partial charge in [-0.3, -0.25) is 5.41 Å². The van der Waals surface area contributed by atoms with Gasteiger partial charge in [0.25, 0.3) is 0 Å². The number of amidine groups is 1. The van der Waals surface area contributed by atoms with Gasteiger partial charge in [0.15, 0.2) is 11.6 Å². The van der Waals surface area contributed by atoms with Crippen molar-refractivity contribution in [2.75, 3.05) is 16.8 Å². The van der Waals surface area contributed by atoms with Crippen molar-refractivity contribution in [3.05, 3.63) is 47.5 Å². The molecule has 2 aromatic rings. The van der Waals surface area contributed by atoms with Crippen LogP contribution in [0.1, 0.15) is 44.7 Å². The summed E-state index contributed by atoms with van der Waals surface area (Å²) in [5.74, 6) is 0.178. The highest BCUT2D eigenvalue weighted by molar-refractivity contribution is 5.98. The minimum atomic E-state index is -0.482. The van der Waals surface area contributed by atoms with Crippen molar-refractivity contribution in [3.8, 4) is 0 Å². The summed E-state index contributed by atoms with van der Waals surface area (Å²) in [6, 6.07) is 7.97. The minimum Gasteiger partial charge on any atom is -0.363 e. The lowest BCUT2D eigenvalue weighted by molar-refractivity contribution is 0.607. The Bertz CT molecular complexity index is 858. The molecule has 148 valence electrons. The van der Waals surface area contributed by atoms with Gasteiger partial charge in [0.05, 0.1) is 6.04 Å². The lowest BCUT2D eigenvalue weighted by Crippen LogP contribution is -2.36. The molecule has 0 spiro atoms. The first-order chi connectivity index (χ1) is 13.5. The van der Waals surface area contributed by atoms with Gasteiger partial charge >= 0.3 is 0 Å². The molecule has 0 saturated carbocycles. The number of hydrogen-bond donors (Lipinski definition) is 2. The van der Waals surface area contributed by atoms with E-state index in [1.54, 1.807) is 0 Å². The van der Waals surface area contributed by atoms with E-state index in [0.29, 0.717) is 13.1 Å². The molecule has 2 heterocycles. The topological polar surface area (TPSA) is 77.3 Å². The van der Waals surface area contributed by atoms with E-state index in [9.17, 15) is 0 Å². The summed E-state index contributed by atoms with van der Waals surface area (Å²) in [5, 5.41) is 11.3. The third-order valence-electron chi connectivity index (χ3n) is 4.85. The lowest BCUT2D eigenvalue weighted by Gasteiger charge is -2.25. The van der Waals surface area contributed by atoms with Crippen molar-refractivity contribution in [3.63, 3.8) is 0 Å². The molecule has 1 aromatic heterocycles. The van der Waals surface area contributed by atoms with E-state index >= 15 is 4.39 Å². The number of anilines is 2. The van der Waals surface area contributed by atoms with Gasteiger partial charge in [-0.05, 0) is 44.2 Å². The molecule has 1 aromatic carbocycles. The molecule has 0 amide bonds. The first-order valence-corrected chi connectivity index (χ1v) is 9.68. The van der Waals surface area contributed by atoms with Crippen LogP contribution < -0.4 is 10.2 Å². The van der Waals surface area contributed by atoms with E-state index in [1.165, 1.54) is 11.9 Å². The Morgan fingerprint density at radius 2 is 1.96 bits per heavy atom. The summed E-state index contributed by atoms with van der Waals surface area (Å²) in [7, 11) is 0. The Kier molecular flexibility index (Phi) is 6.34. The number of nitrogens with one attached hydrogen (secondary N) is 2. The average molecular weight is 382 g/mol. The van der Waals surface area contributed by atoms with Crippen molar-refractivity contribution < 1.29 is 4.39 Å². The summed E-state index contributed by atoms with van der Waals surface area (Å²) in [6.45, 7) is 6.96. The molecule has 28 heavy (non-hydrogen) atoms. The molecule has 7 heteroatoms. The second kappa shape index (κ2) is 8.91. The predicted octanol–water partition coefficient (Wildman–Crippen LogP) is 4.22. The van der Waals surface area contributed by atoms with Crippen LogP contribution in [0.4, 0.5) is 16.0 Å². The Morgan fingerprint density at radius 3 is 2.64 bits per heavy atom. The van der Waals surface area contributed by atoms with E-state index < -0.39 is 5.82 Å². The summed E-state index contributed by atoms with van der Waals surface area (Å²) in [4.78, 5) is 14.3. The minimum absolute atomic E-state index is 0.178. The van der Waals surface area contributed by atoms with Crippen LogP contribution in [0.3, 0.4) is 0 Å². The van der Waals surface area contributed by atoms with Crippen LogP contribution in [-0.2, 0) is 13.0 Å². The van der Waals surface area contributed by atoms with Gasteiger partial charge in [-0.25, -0.2) is 15.0 Å². The Hall–Kier alpha value is -2.83. The van der Waals surface area contributed by atoms with E-state index in [0.717, 1.165) is 30.5 Å². The number of aryl methyl sites for hydroxylation is 1. The molecule has 1 unspecified atom stereocenters. The Labute approximate surface area is 165 Å². The fourth-order valence-electron chi connectivity index (χ4n) is 3.38. The summed E-state index contributed by atoms with van der Waals surface area (Å²) < 4.78 is 15.1. The summed E-state index contributed by atoms with van der Waals surface area (Å²) >= 11 is 0. The second-order valence-corrected chi connectivity index (χ2v) is 7.18. The van der Waals surface area contributed by atoms with Crippen LogP contribution in [0.5, 0.6) is 0 Å². The van der Waals surface area contributed by atoms with Crippen LogP contribution in [-0.4, -0.2) is 34.1 Å². The maximum absolute atomic E-state index is 15.1. The molecule has 1 saturated heterocycles. The van der Waals surface area contributed by atoms with Gasteiger partial charge in [0.2, 0.25) is 5.82 Å². The standard InChI is InChI=1S/C21H27FN6/c1-4-15-7-9-16(10-8-15)12-24-20-18(22)21(26-13-25-20)28-11-5-6-17(28)19(23)27-14(2)3/h7-10,13,17,23H,4-6,11-12H2,1-3H3,(H,24,25,26). The molecular formula is C21H27FN6. The van der Waals surface area contributed by atoms with Crippen molar-refractivity contribution in [1.29, 1.82) is 5.41 Å². The van der Waals surface area contributed by atoms with Crippen molar-refractivity contribution in [1.82, 2.24) is 9.97 Å². The maximum Gasteiger partial charge on any atom is 0.207 e. The molecule has 0 aliphatic carbocycles. The van der Waals surface area contributed by atoms with Crippen molar-refractivity contribution >= 4 is 23.2 Å². The Morgan fingerprint density at radius 1 is 1.25 bits per heavy atom. The highest BCUT2D eigenvalue weighted by Gasteiger charge is 2.32. The van der Waals surface area contributed by atoms with Gasteiger partial charge in [-0.1, -0.05) is 31.2 Å². The van der Waals surface area contributed by atoms with Gasteiger partial charge in [0, 0.05) is 18.8 Å².